The summed E-state index contributed by atoms with van der Waals surface area (Å²) in [6.45, 7) is 0.308. The van der Waals surface area contributed by atoms with E-state index >= 15 is 0 Å². The van der Waals surface area contributed by atoms with Gasteiger partial charge in [-0.15, -0.1) is 0 Å². The van der Waals surface area contributed by atoms with Crippen LogP contribution >= 0.6 is 23.2 Å². The first-order valence-corrected chi connectivity index (χ1v) is 9.08. The molecule has 0 spiro atoms. The van der Waals surface area contributed by atoms with Crippen molar-refractivity contribution < 1.29 is 10.2 Å². The van der Waals surface area contributed by atoms with Crippen molar-refractivity contribution in [2.45, 2.75) is 25.7 Å². The van der Waals surface area contributed by atoms with Gasteiger partial charge in [-0.25, -0.2) is 0 Å². The number of aliphatic hydroxyl groups is 2. The molecule has 2 aromatic carbocycles. The van der Waals surface area contributed by atoms with E-state index in [1.54, 1.807) is 0 Å². The molecular weight excluding hydrogens is 343 g/mol. The van der Waals surface area contributed by atoms with Gasteiger partial charge in [-0.05, 0) is 72.9 Å². The number of hydrogen-bond donors (Lipinski definition) is 2. The van der Waals surface area contributed by atoms with E-state index in [1.165, 1.54) is 11.1 Å². The zero-order valence-corrected chi connectivity index (χ0v) is 15.2. The van der Waals surface area contributed by atoms with Gasteiger partial charge in [-0.1, -0.05) is 47.5 Å². The second-order valence-electron chi connectivity index (χ2n) is 6.23. The molecular formula is C20H24Cl2O2. The maximum atomic E-state index is 9.92. The maximum Gasteiger partial charge on any atom is 0.0465 e. The average molecular weight is 367 g/mol. The molecule has 0 amide bonds. The first kappa shape index (κ1) is 19.3. The van der Waals surface area contributed by atoms with Gasteiger partial charge in [0.15, 0.2) is 0 Å². The highest BCUT2D eigenvalue weighted by molar-refractivity contribution is 6.30. The molecule has 0 aliphatic heterocycles. The zero-order valence-electron chi connectivity index (χ0n) is 13.7. The van der Waals surface area contributed by atoms with Crippen LogP contribution in [0.1, 0.15) is 24.0 Å². The molecule has 0 aliphatic rings. The van der Waals surface area contributed by atoms with E-state index in [-0.39, 0.29) is 19.1 Å². The Morgan fingerprint density at radius 1 is 0.708 bits per heavy atom. The van der Waals surface area contributed by atoms with Crippen LogP contribution in [-0.2, 0) is 12.8 Å². The van der Waals surface area contributed by atoms with Gasteiger partial charge in [0.1, 0.15) is 0 Å². The molecule has 24 heavy (non-hydrogen) atoms. The quantitative estimate of drug-likeness (QED) is 0.670. The Kier molecular flexibility index (Phi) is 8.07. The topological polar surface area (TPSA) is 40.5 Å². The molecule has 0 bridgehead atoms. The first-order chi connectivity index (χ1) is 11.6. The minimum atomic E-state index is 0.131. The summed E-state index contributed by atoms with van der Waals surface area (Å²) in [6, 6.07) is 15.6. The highest BCUT2D eigenvalue weighted by atomic mass is 35.5. The van der Waals surface area contributed by atoms with E-state index in [0.717, 1.165) is 35.7 Å². The Morgan fingerprint density at radius 3 is 1.58 bits per heavy atom. The first-order valence-electron chi connectivity index (χ1n) is 8.33. The molecule has 0 aliphatic carbocycles. The van der Waals surface area contributed by atoms with Crippen LogP contribution in [-0.4, -0.2) is 23.4 Å². The Labute approximate surface area is 154 Å². The molecule has 0 fully saturated rings. The Bertz CT molecular complexity index is 596. The molecule has 0 unspecified atom stereocenters. The molecule has 0 radical (unpaired) electrons. The summed E-state index contributed by atoms with van der Waals surface area (Å²) in [6.07, 6.45) is 3.31. The summed E-state index contributed by atoms with van der Waals surface area (Å²) >= 11 is 11.9. The molecule has 2 aromatic rings. The molecule has 130 valence electrons. The van der Waals surface area contributed by atoms with Crippen molar-refractivity contribution in [3.63, 3.8) is 0 Å². The van der Waals surface area contributed by atoms with Gasteiger partial charge in [0.05, 0.1) is 0 Å². The van der Waals surface area contributed by atoms with E-state index < -0.39 is 0 Å². The molecule has 0 heterocycles. The lowest BCUT2D eigenvalue weighted by molar-refractivity contribution is 0.158. The zero-order chi connectivity index (χ0) is 17.4. The Balaban J connectivity index is 2.10. The van der Waals surface area contributed by atoms with Gasteiger partial charge in [0, 0.05) is 23.3 Å². The molecule has 2 N–H and O–H groups in total. The lowest BCUT2D eigenvalue weighted by Gasteiger charge is -2.26. The van der Waals surface area contributed by atoms with Gasteiger partial charge in [-0.3, -0.25) is 0 Å². The van der Waals surface area contributed by atoms with Crippen molar-refractivity contribution >= 4 is 23.2 Å². The molecule has 2 rings (SSSR count). The second-order valence-corrected chi connectivity index (χ2v) is 7.10. The summed E-state index contributed by atoms with van der Waals surface area (Å²) in [4.78, 5) is 0. The van der Waals surface area contributed by atoms with Crippen molar-refractivity contribution in [2.75, 3.05) is 13.2 Å². The fourth-order valence-electron chi connectivity index (χ4n) is 3.08. The summed E-state index contributed by atoms with van der Waals surface area (Å²) in [5.41, 5.74) is 2.38. The number of hydrogen-bond acceptors (Lipinski definition) is 2. The van der Waals surface area contributed by atoms with Gasteiger partial charge in [-0.2, -0.15) is 0 Å². The Morgan fingerprint density at radius 2 is 1.17 bits per heavy atom. The number of benzene rings is 2. The number of halogens is 2. The van der Waals surface area contributed by atoms with Crippen molar-refractivity contribution in [3.8, 4) is 0 Å². The molecule has 0 saturated carbocycles. The van der Waals surface area contributed by atoms with Crippen LogP contribution in [0.4, 0.5) is 0 Å². The normalized spacial score (nSPS) is 13.7. The summed E-state index contributed by atoms with van der Waals surface area (Å²) in [5.74, 6) is 0.451. The monoisotopic (exact) mass is 366 g/mol. The van der Waals surface area contributed by atoms with Crippen LogP contribution < -0.4 is 0 Å². The van der Waals surface area contributed by atoms with Crippen molar-refractivity contribution in [3.05, 3.63) is 69.7 Å². The van der Waals surface area contributed by atoms with Crippen LogP contribution in [0.5, 0.6) is 0 Å². The van der Waals surface area contributed by atoms with E-state index in [1.807, 2.05) is 48.5 Å². The standard InChI is InChI=1S/C20H24Cl2O2/c21-19-7-3-15(4-8-19)12-17(2-1-11-23)18(14-24)13-16-5-9-20(22)10-6-16/h3-10,17-18,23-24H,1-2,11-14H2/t17-,18+/m1/s1. The smallest absolute Gasteiger partial charge is 0.0465 e. The maximum absolute atomic E-state index is 9.92. The highest BCUT2D eigenvalue weighted by Gasteiger charge is 2.21. The van der Waals surface area contributed by atoms with Crippen LogP contribution in [0.3, 0.4) is 0 Å². The lowest BCUT2D eigenvalue weighted by atomic mass is 9.80. The molecule has 2 atom stereocenters. The van der Waals surface area contributed by atoms with Crippen molar-refractivity contribution in [1.82, 2.24) is 0 Å². The van der Waals surface area contributed by atoms with Gasteiger partial charge < -0.3 is 10.2 Å². The molecule has 0 aromatic heterocycles. The fraction of sp³-hybridized carbons (Fsp3) is 0.400. The largest absolute Gasteiger partial charge is 0.396 e. The van der Waals surface area contributed by atoms with Crippen LogP contribution in [0.15, 0.2) is 48.5 Å². The lowest BCUT2D eigenvalue weighted by Crippen LogP contribution is -2.23. The third kappa shape index (κ3) is 6.10. The predicted octanol–water partition coefficient (Wildman–Crippen LogP) is 4.78. The third-order valence-corrected chi connectivity index (χ3v) is 4.96. The van der Waals surface area contributed by atoms with E-state index in [0.29, 0.717) is 5.92 Å². The summed E-state index contributed by atoms with van der Waals surface area (Å²) < 4.78 is 0. The summed E-state index contributed by atoms with van der Waals surface area (Å²) in [5, 5.41) is 20.6. The average Bonchev–Trinajstić information content (AvgIpc) is 2.60. The predicted molar refractivity (Wildman–Crippen MR) is 101 cm³/mol. The van der Waals surface area contributed by atoms with Gasteiger partial charge in [0.2, 0.25) is 0 Å². The minimum Gasteiger partial charge on any atom is -0.396 e. The van der Waals surface area contributed by atoms with E-state index in [9.17, 15) is 10.2 Å². The number of aliphatic hydroxyl groups excluding tert-OH is 2. The van der Waals surface area contributed by atoms with Crippen LogP contribution in [0.25, 0.3) is 0 Å². The molecule has 2 nitrogen and oxygen atoms in total. The van der Waals surface area contributed by atoms with E-state index in [4.69, 9.17) is 23.2 Å². The molecule has 4 heteroatoms. The second kappa shape index (κ2) is 10.0. The number of rotatable bonds is 9. The van der Waals surface area contributed by atoms with Crippen molar-refractivity contribution in [2.24, 2.45) is 11.8 Å². The van der Waals surface area contributed by atoms with Gasteiger partial charge in [0.25, 0.3) is 0 Å². The fourth-order valence-corrected chi connectivity index (χ4v) is 3.34. The van der Waals surface area contributed by atoms with Gasteiger partial charge >= 0.3 is 0 Å². The highest BCUT2D eigenvalue weighted by Crippen LogP contribution is 2.27. The third-order valence-electron chi connectivity index (χ3n) is 4.46. The minimum absolute atomic E-state index is 0.131. The Hall–Kier alpha value is -1.06. The van der Waals surface area contributed by atoms with Crippen LogP contribution in [0.2, 0.25) is 10.0 Å². The van der Waals surface area contributed by atoms with Crippen LogP contribution in [0, 0.1) is 11.8 Å². The SMILES string of the molecule is OCCC[C@H](Cc1ccc(Cl)cc1)[C@H](CO)Cc1ccc(Cl)cc1. The molecule has 0 saturated heterocycles. The van der Waals surface area contributed by atoms with Crippen molar-refractivity contribution in [1.29, 1.82) is 0 Å². The summed E-state index contributed by atoms with van der Waals surface area (Å²) in [7, 11) is 0. The van der Waals surface area contributed by atoms with E-state index in [2.05, 4.69) is 0 Å².